The molecule has 1 atom stereocenters. The van der Waals surface area contributed by atoms with Crippen LogP contribution in [-0.4, -0.2) is 44.1 Å². The number of anilines is 1. The molecule has 0 aromatic carbocycles. The Kier molecular flexibility index (Phi) is 4.87. The van der Waals surface area contributed by atoms with Crippen LogP contribution in [0.3, 0.4) is 0 Å². The molecule has 3 aromatic rings. The summed E-state index contributed by atoms with van der Waals surface area (Å²) in [6.07, 6.45) is 3.89. The normalized spacial score (nSPS) is 16.8. The molecule has 2 N–H and O–H groups in total. The molecule has 0 amide bonds. The lowest BCUT2D eigenvalue weighted by Gasteiger charge is -2.08. The van der Waals surface area contributed by atoms with Gasteiger partial charge in [0.05, 0.1) is 11.8 Å². The molecule has 0 radical (unpaired) electrons. The van der Waals surface area contributed by atoms with Gasteiger partial charge in [0.2, 0.25) is 5.13 Å². The highest BCUT2D eigenvalue weighted by atomic mass is 32.2. The number of nitriles is 1. The van der Waals surface area contributed by atoms with Crippen LogP contribution in [0, 0.1) is 11.3 Å². The van der Waals surface area contributed by atoms with Crippen molar-refractivity contribution in [1.29, 1.82) is 5.26 Å². The average Bonchev–Trinajstić information content (AvgIpc) is 3.38. The van der Waals surface area contributed by atoms with Crippen molar-refractivity contribution in [3.63, 3.8) is 0 Å². The topological polar surface area (TPSA) is 121 Å². The highest BCUT2D eigenvalue weighted by Gasteiger charge is 2.16. The van der Waals surface area contributed by atoms with Crippen LogP contribution in [0.15, 0.2) is 21.4 Å². The summed E-state index contributed by atoms with van der Waals surface area (Å²) in [5, 5.41) is 24.1. The number of rotatable bonds is 6. The highest BCUT2D eigenvalue weighted by Crippen LogP contribution is 2.28. The van der Waals surface area contributed by atoms with Gasteiger partial charge in [-0.15, -0.1) is 10.2 Å². The van der Waals surface area contributed by atoms with Crippen molar-refractivity contribution in [3.8, 4) is 6.07 Å². The Bertz CT molecular complexity index is 1010. The molecule has 0 spiro atoms. The first-order chi connectivity index (χ1) is 12.7. The molecule has 0 bridgehead atoms. The monoisotopic (exact) mass is 389 g/mol. The third kappa shape index (κ3) is 3.57. The molecule has 0 saturated carbocycles. The van der Waals surface area contributed by atoms with E-state index in [1.807, 2.05) is 6.07 Å². The fourth-order valence-electron chi connectivity index (χ4n) is 2.67. The Hall–Kier alpha value is -2.42. The van der Waals surface area contributed by atoms with Crippen LogP contribution in [0.1, 0.15) is 24.1 Å². The van der Waals surface area contributed by atoms with Gasteiger partial charge in [-0.2, -0.15) is 5.26 Å². The maximum absolute atomic E-state index is 12.1. The van der Waals surface area contributed by atoms with E-state index in [0.29, 0.717) is 22.7 Å². The lowest BCUT2D eigenvalue weighted by atomic mass is 10.2. The third-order valence-electron chi connectivity index (χ3n) is 3.93. The van der Waals surface area contributed by atoms with Crippen molar-refractivity contribution in [3.05, 3.63) is 33.9 Å². The van der Waals surface area contributed by atoms with Crippen LogP contribution in [0.4, 0.5) is 5.13 Å². The van der Waals surface area contributed by atoms with Crippen LogP contribution in [0.5, 0.6) is 0 Å². The van der Waals surface area contributed by atoms with Gasteiger partial charge in [-0.25, -0.2) is 9.50 Å². The number of hydrogen-bond donors (Lipinski definition) is 2. The van der Waals surface area contributed by atoms with Gasteiger partial charge in [0.1, 0.15) is 11.6 Å². The van der Waals surface area contributed by atoms with Crippen LogP contribution in [0.2, 0.25) is 0 Å². The lowest BCUT2D eigenvalue weighted by molar-refractivity contribution is 0.120. The van der Waals surface area contributed by atoms with Gasteiger partial charge < -0.3 is 10.1 Å². The Morgan fingerprint density at radius 2 is 2.46 bits per heavy atom. The van der Waals surface area contributed by atoms with E-state index in [0.717, 1.165) is 35.5 Å². The molecule has 1 aliphatic rings. The van der Waals surface area contributed by atoms with Crippen molar-refractivity contribution in [2.75, 3.05) is 18.5 Å². The summed E-state index contributed by atoms with van der Waals surface area (Å²) in [4.78, 5) is 16.5. The highest BCUT2D eigenvalue weighted by molar-refractivity contribution is 8.00. The quantitative estimate of drug-likeness (QED) is 0.610. The Labute approximate surface area is 156 Å². The second-order valence-corrected chi connectivity index (χ2v) is 7.92. The molecule has 1 fully saturated rings. The van der Waals surface area contributed by atoms with Crippen LogP contribution < -0.4 is 10.9 Å². The maximum Gasteiger partial charge on any atom is 0.272 e. The van der Waals surface area contributed by atoms with Crippen LogP contribution >= 0.6 is 23.1 Å². The largest absolute Gasteiger partial charge is 0.376 e. The molecule has 1 unspecified atom stereocenters. The van der Waals surface area contributed by atoms with Gasteiger partial charge in [-0.3, -0.25) is 9.89 Å². The number of hydrogen-bond acceptors (Lipinski definition) is 9. The molecule has 4 rings (SSSR count). The van der Waals surface area contributed by atoms with Gasteiger partial charge in [-0.1, -0.05) is 23.1 Å². The molecular weight excluding hydrogens is 374 g/mol. The first kappa shape index (κ1) is 17.0. The fourth-order valence-corrected chi connectivity index (χ4v) is 4.32. The van der Waals surface area contributed by atoms with E-state index in [1.54, 1.807) is 0 Å². The zero-order chi connectivity index (χ0) is 17.9. The number of thioether (sulfide) groups is 1. The fraction of sp³-hybridized carbons (Fsp3) is 0.400. The van der Waals surface area contributed by atoms with Crippen molar-refractivity contribution >= 4 is 33.9 Å². The SMILES string of the molecule is N#Cc1c[nH]n2c(=O)cc(CSc3nnc(NCC4CCCO4)s3)nc12. The number of nitrogens with one attached hydrogen (secondary N) is 2. The molecule has 26 heavy (non-hydrogen) atoms. The van der Waals surface area contributed by atoms with E-state index in [1.165, 1.54) is 39.9 Å². The Balaban J connectivity index is 1.40. The summed E-state index contributed by atoms with van der Waals surface area (Å²) in [7, 11) is 0. The summed E-state index contributed by atoms with van der Waals surface area (Å²) in [6.45, 7) is 1.56. The van der Waals surface area contributed by atoms with Crippen molar-refractivity contribution < 1.29 is 4.74 Å². The zero-order valence-corrected chi connectivity index (χ0v) is 15.3. The molecule has 1 aliphatic heterocycles. The minimum atomic E-state index is -0.247. The molecular formula is C15H15N7O2S2. The first-order valence-electron chi connectivity index (χ1n) is 8.05. The van der Waals surface area contributed by atoms with Crippen molar-refractivity contribution in [1.82, 2.24) is 24.8 Å². The molecule has 0 aliphatic carbocycles. The van der Waals surface area contributed by atoms with Crippen LogP contribution in [0.25, 0.3) is 5.65 Å². The van der Waals surface area contributed by atoms with Crippen LogP contribution in [-0.2, 0) is 10.5 Å². The third-order valence-corrected chi connectivity index (χ3v) is 5.97. The van der Waals surface area contributed by atoms with Gasteiger partial charge in [0, 0.05) is 31.2 Å². The standard InChI is InChI=1S/C15H15N7O2S2/c16-5-9-6-18-22-12(23)4-10(19-13(9)22)8-25-15-21-20-14(26-15)17-7-11-2-1-3-24-11/h4,6,11,18H,1-3,7-8H2,(H,17,20). The molecule has 3 aromatic heterocycles. The van der Waals surface area contributed by atoms with Crippen molar-refractivity contribution in [2.45, 2.75) is 29.0 Å². The number of H-pyrrole nitrogens is 1. The molecule has 11 heteroatoms. The minimum absolute atomic E-state index is 0.245. The number of aromatic nitrogens is 5. The summed E-state index contributed by atoms with van der Waals surface area (Å²) in [5.41, 5.74) is 1.03. The van der Waals surface area contributed by atoms with E-state index in [9.17, 15) is 4.79 Å². The summed E-state index contributed by atoms with van der Waals surface area (Å²) >= 11 is 2.91. The minimum Gasteiger partial charge on any atom is -0.376 e. The number of fused-ring (bicyclic) bond motifs is 1. The smallest absolute Gasteiger partial charge is 0.272 e. The van der Waals surface area contributed by atoms with E-state index < -0.39 is 0 Å². The van der Waals surface area contributed by atoms with E-state index in [2.05, 4.69) is 25.6 Å². The second-order valence-electron chi connectivity index (χ2n) is 5.72. The Morgan fingerprint density at radius 3 is 3.27 bits per heavy atom. The van der Waals surface area contributed by atoms with Gasteiger partial charge >= 0.3 is 0 Å². The number of aromatic amines is 1. The number of ether oxygens (including phenoxy) is 1. The first-order valence-corrected chi connectivity index (χ1v) is 9.85. The average molecular weight is 389 g/mol. The molecule has 134 valence electrons. The van der Waals surface area contributed by atoms with E-state index in [4.69, 9.17) is 10.00 Å². The van der Waals surface area contributed by atoms with E-state index in [-0.39, 0.29) is 11.7 Å². The predicted molar refractivity (Wildman–Crippen MR) is 97.5 cm³/mol. The maximum atomic E-state index is 12.1. The van der Waals surface area contributed by atoms with Gasteiger partial charge in [0.15, 0.2) is 9.99 Å². The second kappa shape index (κ2) is 7.45. The lowest BCUT2D eigenvalue weighted by Crippen LogP contribution is -2.18. The summed E-state index contributed by atoms with van der Waals surface area (Å²) in [6, 6.07) is 3.47. The van der Waals surface area contributed by atoms with Gasteiger partial charge in [0.25, 0.3) is 5.56 Å². The number of nitrogens with zero attached hydrogens (tertiary/aromatic N) is 5. The molecule has 1 saturated heterocycles. The zero-order valence-electron chi connectivity index (χ0n) is 13.6. The Morgan fingerprint density at radius 1 is 1.54 bits per heavy atom. The molecule has 9 nitrogen and oxygen atoms in total. The van der Waals surface area contributed by atoms with E-state index >= 15 is 0 Å². The summed E-state index contributed by atoms with van der Waals surface area (Å²) in [5.74, 6) is 0.474. The molecule has 4 heterocycles. The van der Waals surface area contributed by atoms with Crippen molar-refractivity contribution in [2.24, 2.45) is 0 Å². The van der Waals surface area contributed by atoms with Gasteiger partial charge in [-0.05, 0) is 12.8 Å². The predicted octanol–water partition coefficient (Wildman–Crippen LogP) is 1.63. The summed E-state index contributed by atoms with van der Waals surface area (Å²) < 4.78 is 7.61.